The Balaban J connectivity index is 3.06. The highest BCUT2D eigenvalue weighted by atomic mass is 19.3. The molecule has 1 aromatic heterocycles. The van der Waals surface area contributed by atoms with Crippen molar-refractivity contribution in [1.82, 2.24) is 4.98 Å². The van der Waals surface area contributed by atoms with Gasteiger partial charge in [0.25, 0.3) is 6.43 Å². The summed E-state index contributed by atoms with van der Waals surface area (Å²) < 4.78 is 24.9. The van der Waals surface area contributed by atoms with Crippen LogP contribution < -0.4 is 0 Å². The van der Waals surface area contributed by atoms with E-state index < -0.39 is 12.0 Å². The van der Waals surface area contributed by atoms with Gasteiger partial charge >= 0.3 is 0 Å². The van der Waals surface area contributed by atoms with Crippen molar-refractivity contribution in [1.29, 1.82) is 0 Å². The molecule has 2 nitrogen and oxygen atoms in total. The number of aliphatic hydroxyl groups is 1. The standard InChI is InChI=1S/C10H13F2NO/c1-3-7-4-5-13-8(6-7)10(2,14)9(11)12/h4-6,9,14H,3H2,1-2H3. The van der Waals surface area contributed by atoms with Crippen molar-refractivity contribution in [3.8, 4) is 0 Å². The summed E-state index contributed by atoms with van der Waals surface area (Å²) in [6, 6.07) is 3.25. The van der Waals surface area contributed by atoms with Gasteiger partial charge in [0, 0.05) is 6.20 Å². The smallest absolute Gasteiger partial charge is 0.272 e. The molecule has 1 unspecified atom stereocenters. The Morgan fingerprint density at radius 3 is 2.71 bits per heavy atom. The van der Waals surface area contributed by atoms with Crippen LogP contribution in [0.3, 0.4) is 0 Å². The lowest BCUT2D eigenvalue weighted by atomic mass is 10.0. The number of nitrogens with zero attached hydrogens (tertiary/aromatic N) is 1. The highest BCUT2D eigenvalue weighted by Crippen LogP contribution is 2.26. The highest BCUT2D eigenvalue weighted by Gasteiger charge is 2.35. The summed E-state index contributed by atoms with van der Waals surface area (Å²) in [4.78, 5) is 3.75. The fourth-order valence-electron chi connectivity index (χ4n) is 1.08. The fourth-order valence-corrected chi connectivity index (χ4v) is 1.08. The number of aryl methyl sites for hydroxylation is 1. The van der Waals surface area contributed by atoms with Crippen LogP contribution in [0.2, 0.25) is 0 Å². The molecule has 1 atom stereocenters. The van der Waals surface area contributed by atoms with Crippen molar-refractivity contribution in [2.45, 2.75) is 32.3 Å². The molecule has 0 aliphatic heterocycles. The SMILES string of the molecule is CCc1ccnc(C(C)(O)C(F)F)c1. The number of halogens is 2. The molecule has 0 saturated carbocycles. The van der Waals surface area contributed by atoms with Gasteiger partial charge in [-0.15, -0.1) is 0 Å². The lowest BCUT2D eigenvalue weighted by Crippen LogP contribution is -2.31. The maximum absolute atomic E-state index is 12.4. The summed E-state index contributed by atoms with van der Waals surface area (Å²) >= 11 is 0. The van der Waals surface area contributed by atoms with Crippen molar-refractivity contribution < 1.29 is 13.9 Å². The zero-order valence-electron chi connectivity index (χ0n) is 8.17. The topological polar surface area (TPSA) is 33.1 Å². The summed E-state index contributed by atoms with van der Waals surface area (Å²) in [5, 5.41) is 9.47. The van der Waals surface area contributed by atoms with Crippen LogP contribution in [0.4, 0.5) is 8.78 Å². The van der Waals surface area contributed by atoms with E-state index in [1.807, 2.05) is 6.92 Å². The Morgan fingerprint density at radius 1 is 1.57 bits per heavy atom. The van der Waals surface area contributed by atoms with Crippen LogP contribution in [0.15, 0.2) is 18.3 Å². The van der Waals surface area contributed by atoms with Crippen molar-refractivity contribution in [3.05, 3.63) is 29.6 Å². The first-order valence-electron chi connectivity index (χ1n) is 4.44. The molecule has 78 valence electrons. The molecule has 0 fully saturated rings. The second-order valence-electron chi connectivity index (χ2n) is 3.35. The zero-order valence-corrected chi connectivity index (χ0v) is 8.17. The maximum atomic E-state index is 12.4. The fraction of sp³-hybridized carbons (Fsp3) is 0.500. The third-order valence-corrected chi connectivity index (χ3v) is 2.18. The van der Waals surface area contributed by atoms with Gasteiger partial charge in [0.2, 0.25) is 0 Å². The van der Waals surface area contributed by atoms with E-state index in [1.165, 1.54) is 12.3 Å². The normalized spacial score (nSPS) is 15.6. The molecular weight excluding hydrogens is 188 g/mol. The van der Waals surface area contributed by atoms with E-state index in [2.05, 4.69) is 4.98 Å². The Hall–Kier alpha value is -1.03. The average Bonchev–Trinajstić information content (AvgIpc) is 2.17. The number of alkyl halides is 2. The average molecular weight is 201 g/mol. The Morgan fingerprint density at radius 2 is 2.21 bits per heavy atom. The van der Waals surface area contributed by atoms with Gasteiger partial charge in [0.1, 0.15) is 0 Å². The number of hydrogen-bond donors (Lipinski definition) is 1. The Bertz CT molecular complexity index is 313. The number of pyridine rings is 1. The van der Waals surface area contributed by atoms with Crippen molar-refractivity contribution in [3.63, 3.8) is 0 Å². The molecule has 14 heavy (non-hydrogen) atoms. The largest absolute Gasteiger partial charge is 0.378 e. The first-order valence-corrected chi connectivity index (χ1v) is 4.44. The minimum atomic E-state index is -2.83. The van der Waals surface area contributed by atoms with E-state index in [9.17, 15) is 13.9 Å². The van der Waals surface area contributed by atoms with Crippen molar-refractivity contribution in [2.75, 3.05) is 0 Å². The van der Waals surface area contributed by atoms with E-state index in [4.69, 9.17) is 0 Å². The summed E-state index contributed by atoms with van der Waals surface area (Å²) in [5.74, 6) is 0. The van der Waals surface area contributed by atoms with Gasteiger partial charge < -0.3 is 5.11 Å². The van der Waals surface area contributed by atoms with Gasteiger partial charge in [-0.2, -0.15) is 0 Å². The van der Waals surface area contributed by atoms with E-state index in [0.717, 1.165) is 18.9 Å². The molecule has 0 aliphatic rings. The third kappa shape index (κ3) is 2.07. The summed E-state index contributed by atoms with van der Waals surface area (Å²) in [7, 11) is 0. The van der Waals surface area contributed by atoms with Crippen LogP contribution in [0.1, 0.15) is 25.1 Å². The van der Waals surface area contributed by atoms with Crippen molar-refractivity contribution >= 4 is 0 Å². The lowest BCUT2D eigenvalue weighted by molar-refractivity contribution is -0.0910. The molecule has 0 aliphatic carbocycles. The van der Waals surface area contributed by atoms with Crippen LogP contribution in [-0.2, 0) is 12.0 Å². The first kappa shape index (κ1) is 11.0. The second-order valence-corrected chi connectivity index (χ2v) is 3.35. The van der Waals surface area contributed by atoms with E-state index in [1.54, 1.807) is 6.07 Å². The van der Waals surface area contributed by atoms with Crippen LogP contribution in [0.25, 0.3) is 0 Å². The van der Waals surface area contributed by atoms with E-state index in [-0.39, 0.29) is 5.69 Å². The van der Waals surface area contributed by atoms with Gasteiger partial charge in [0.05, 0.1) is 5.69 Å². The first-order chi connectivity index (χ1) is 6.48. The molecule has 0 radical (unpaired) electrons. The van der Waals surface area contributed by atoms with Gasteiger partial charge in [-0.25, -0.2) is 8.78 Å². The highest BCUT2D eigenvalue weighted by molar-refractivity contribution is 5.21. The summed E-state index contributed by atoms with van der Waals surface area (Å²) in [6.07, 6.45) is -0.665. The molecule has 1 rings (SSSR count). The minimum Gasteiger partial charge on any atom is -0.378 e. The summed E-state index contributed by atoms with van der Waals surface area (Å²) in [6.45, 7) is 2.98. The molecule has 0 saturated heterocycles. The maximum Gasteiger partial charge on any atom is 0.272 e. The van der Waals surface area contributed by atoms with Crippen LogP contribution in [0.5, 0.6) is 0 Å². The quantitative estimate of drug-likeness (QED) is 0.812. The lowest BCUT2D eigenvalue weighted by Gasteiger charge is -2.21. The number of hydrogen-bond acceptors (Lipinski definition) is 2. The van der Waals surface area contributed by atoms with Crippen LogP contribution in [0, 0.1) is 0 Å². The Kier molecular flexibility index (Phi) is 3.16. The molecule has 0 aromatic carbocycles. The second kappa shape index (κ2) is 4.00. The monoisotopic (exact) mass is 201 g/mol. The molecule has 1 heterocycles. The van der Waals surface area contributed by atoms with Crippen LogP contribution >= 0.6 is 0 Å². The molecular formula is C10H13F2NO. The van der Waals surface area contributed by atoms with Crippen molar-refractivity contribution in [2.24, 2.45) is 0 Å². The number of rotatable bonds is 3. The van der Waals surface area contributed by atoms with E-state index in [0.29, 0.717) is 0 Å². The minimum absolute atomic E-state index is 0.0202. The predicted octanol–water partition coefficient (Wildman–Crippen LogP) is 2.12. The molecule has 0 amide bonds. The molecule has 1 N–H and O–H groups in total. The van der Waals surface area contributed by atoms with Gasteiger partial charge in [-0.3, -0.25) is 4.98 Å². The van der Waals surface area contributed by atoms with Gasteiger partial charge in [0.15, 0.2) is 5.60 Å². The van der Waals surface area contributed by atoms with E-state index >= 15 is 0 Å². The van der Waals surface area contributed by atoms with Gasteiger partial charge in [-0.05, 0) is 31.0 Å². The third-order valence-electron chi connectivity index (χ3n) is 2.18. The molecule has 0 bridgehead atoms. The zero-order chi connectivity index (χ0) is 10.8. The van der Waals surface area contributed by atoms with Crippen LogP contribution in [-0.4, -0.2) is 16.5 Å². The predicted molar refractivity (Wildman–Crippen MR) is 49.2 cm³/mol. The van der Waals surface area contributed by atoms with Gasteiger partial charge in [-0.1, -0.05) is 6.92 Å². The number of aromatic nitrogens is 1. The molecule has 0 spiro atoms. The Labute approximate surface area is 81.6 Å². The molecule has 4 heteroatoms. The summed E-state index contributed by atoms with van der Waals surface area (Å²) in [5.41, 5.74) is -1.26. The molecule has 1 aromatic rings.